The summed E-state index contributed by atoms with van der Waals surface area (Å²) in [6, 6.07) is 14.0. The van der Waals surface area contributed by atoms with Gasteiger partial charge in [-0.1, -0.05) is 29.4 Å². The van der Waals surface area contributed by atoms with Gasteiger partial charge in [0.15, 0.2) is 0 Å². The lowest BCUT2D eigenvalue weighted by Crippen LogP contribution is -2.42. The fourth-order valence-electron chi connectivity index (χ4n) is 3.68. The molecule has 1 atom stereocenters. The predicted molar refractivity (Wildman–Crippen MR) is 108 cm³/mol. The Morgan fingerprint density at radius 2 is 2.14 bits per heavy atom. The molecule has 0 aliphatic carbocycles. The number of anilines is 1. The molecular formula is C22H23FN4O2. The minimum atomic E-state index is -0.378. The van der Waals surface area contributed by atoms with Crippen molar-refractivity contribution >= 4 is 11.7 Å². The number of hydrogen-bond donors (Lipinski definition) is 1. The molecule has 1 fully saturated rings. The van der Waals surface area contributed by atoms with Crippen molar-refractivity contribution in [3.8, 4) is 11.4 Å². The smallest absolute Gasteiger partial charge is 0.321 e. The molecule has 2 heterocycles. The lowest BCUT2D eigenvalue weighted by molar-refractivity contribution is 0.173. The molecule has 6 nitrogen and oxygen atoms in total. The van der Waals surface area contributed by atoms with Crippen LogP contribution in [0.5, 0.6) is 0 Å². The Labute approximate surface area is 168 Å². The van der Waals surface area contributed by atoms with E-state index in [1.807, 2.05) is 36.1 Å². The van der Waals surface area contributed by atoms with Crippen molar-refractivity contribution in [3.05, 3.63) is 65.8 Å². The number of urea groups is 1. The fourth-order valence-corrected chi connectivity index (χ4v) is 3.68. The number of benzene rings is 2. The van der Waals surface area contributed by atoms with Crippen molar-refractivity contribution in [1.29, 1.82) is 0 Å². The third kappa shape index (κ3) is 4.62. The molecule has 1 aliphatic heterocycles. The van der Waals surface area contributed by atoms with E-state index >= 15 is 0 Å². The van der Waals surface area contributed by atoms with E-state index < -0.39 is 0 Å². The molecule has 2 aromatic carbocycles. The van der Waals surface area contributed by atoms with Gasteiger partial charge >= 0.3 is 6.03 Å². The Hall–Kier alpha value is -3.22. The van der Waals surface area contributed by atoms with E-state index in [0.717, 1.165) is 30.6 Å². The van der Waals surface area contributed by atoms with Gasteiger partial charge in [0.25, 0.3) is 0 Å². The third-order valence-electron chi connectivity index (χ3n) is 5.12. The summed E-state index contributed by atoms with van der Waals surface area (Å²) in [5.41, 5.74) is 2.22. The van der Waals surface area contributed by atoms with Crippen LogP contribution in [0, 0.1) is 18.7 Å². The van der Waals surface area contributed by atoms with E-state index in [1.165, 1.54) is 6.07 Å². The second-order valence-electron chi connectivity index (χ2n) is 7.45. The Morgan fingerprint density at radius 1 is 1.28 bits per heavy atom. The third-order valence-corrected chi connectivity index (χ3v) is 5.12. The van der Waals surface area contributed by atoms with Crippen molar-refractivity contribution in [3.63, 3.8) is 0 Å². The minimum absolute atomic E-state index is 0.0992. The number of aryl methyl sites for hydroxylation is 1. The SMILES string of the molecule is Cc1cccc(NC(=O)N2CCCC(Cc3nc(-c4ccccc4F)no3)C2)c1. The molecule has 1 unspecified atom stereocenters. The molecule has 7 heteroatoms. The van der Waals surface area contributed by atoms with Gasteiger partial charge in [-0.05, 0) is 55.5 Å². The highest BCUT2D eigenvalue weighted by Crippen LogP contribution is 2.24. The van der Waals surface area contributed by atoms with E-state index in [-0.39, 0.29) is 23.6 Å². The molecule has 3 aromatic rings. The molecular weight excluding hydrogens is 371 g/mol. The van der Waals surface area contributed by atoms with Gasteiger partial charge in [-0.3, -0.25) is 0 Å². The van der Waals surface area contributed by atoms with Crippen molar-refractivity contribution in [2.24, 2.45) is 5.92 Å². The highest BCUT2D eigenvalue weighted by Gasteiger charge is 2.26. The van der Waals surface area contributed by atoms with Crippen LogP contribution in [0.25, 0.3) is 11.4 Å². The van der Waals surface area contributed by atoms with Gasteiger partial charge in [0.1, 0.15) is 5.82 Å². The molecule has 150 valence electrons. The zero-order valence-corrected chi connectivity index (χ0v) is 16.3. The molecule has 0 saturated carbocycles. The van der Waals surface area contributed by atoms with Crippen LogP contribution in [0.3, 0.4) is 0 Å². The predicted octanol–water partition coefficient (Wildman–Crippen LogP) is 4.67. The molecule has 1 saturated heterocycles. The summed E-state index contributed by atoms with van der Waals surface area (Å²) in [5, 5.41) is 6.87. The minimum Gasteiger partial charge on any atom is -0.339 e. The normalized spacial score (nSPS) is 16.6. The average molecular weight is 394 g/mol. The van der Waals surface area contributed by atoms with Crippen LogP contribution in [0.1, 0.15) is 24.3 Å². The van der Waals surface area contributed by atoms with Gasteiger partial charge in [0.2, 0.25) is 11.7 Å². The van der Waals surface area contributed by atoms with Gasteiger partial charge in [0.05, 0.1) is 5.56 Å². The van der Waals surface area contributed by atoms with E-state index in [9.17, 15) is 9.18 Å². The summed E-state index contributed by atoms with van der Waals surface area (Å²) in [4.78, 5) is 18.8. The van der Waals surface area contributed by atoms with Crippen LogP contribution < -0.4 is 5.32 Å². The first-order valence-corrected chi connectivity index (χ1v) is 9.78. The fraction of sp³-hybridized carbons (Fsp3) is 0.318. The zero-order valence-electron chi connectivity index (χ0n) is 16.3. The zero-order chi connectivity index (χ0) is 20.2. The van der Waals surface area contributed by atoms with Gasteiger partial charge in [-0.25, -0.2) is 9.18 Å². The number of rotatable bonds is 4. The Balaban J connectivity index is 1.38. The molecule has 0 bridgehead atoms. The van der Waals surface area contributed by atoms with Crippen LogP contribution in [0.15, 0.2) is 53.1 Å². The van der Waals surface area contributed by atoms with E-state index in [2.05, 4.69) is 15.5 Å². The highest BCUT2D eigenvalue weighted by atomic mass is 19.1. The van der Waals surface area contributed by atoms with E-state index in [1.54, 1.807) is 18.2 Å². The number of carbonyl (C=O) groups excluding carboxylic acids is 1. The van der Waals surface area contributed by atoms with E-state index in [0.29, 0.717) is 24.4 Å². The van der Waals surface area contributed by atoms with Gasteiger partial charge in [-0.2, -0.15) is 4.98 Å². The quantitative estimate of drug-likeness (QED) is 0.698. The maximum Gasteiger partial charge on any atom is 0.321 e. The first-order valence-electron chi connectivity index (χ1n) is 9.78. The Kier molecular flexibility index (Phi) is 5.55. The summed E-state index contributed by atoms with van der Waals surface area (Å²) in [5.74, 6) is 0.564. The molecule has 2 amide bonds. The maximum atomic E-state index is 13.9. The number of hydrogen-bond acceptors (Lipinski definition) is 4. The Bertz CT molecular complexity index is 1000. The summed E-state index contributed by atoms with van der Waals surface area (Å²) in [7, 11) is 0. The monoisotopic (exact) mass is 394 g/mol. The number of nitrogens with one attached hydrogen (secondary N) is 1. The molecule has 0 radical (unpaired) electrons. The Morgan fingerprint density at radius 3 is 2.97 bits per heavy atom. The number of halogens is 1. The summed E-state index contributed by atoms with van der Waals surface area (Å²) in [6.07, 6.45) is 2.46. The second-order valence-corrected chi connectivity index (χ2v) is 7.45. The number of aromatic nitrogens is 2. The summed E-state index contributed by atoms with van der Waals surface area (Å²) >= 11 is 0. The number of likely N-dealkylation sites (tertiary alicyclic amines) is 1. The van der Waals surface area contributed by atoms with Crippen molar-refractivity contribution in [2.45, 2.75) is 26.2 Å². The molecule has 4 rings (SSSR count). The molecule has 1 N–H and O–H groups in total. The maximum absolute atomic E-state index is 13.9. The summed E-state index contributed by atoms with van der Waals surface area (Å²) < 4.78 is 19.2. The molecule has 1 aliphatic rings. The van der Waals surface area contributed by atoms with Crippen molar-refractivity contribution in [1.82, 2.24) is 15.0 Å². The molecule has 29 heavy (non-hydrogen) atoms. The van der Waals surface area contributed by atoms with Crippen LogP contribution in [0.2, 0.25) is 0 Å². The van der Waals surface area contributed by atoms with Crippen LogP contribution in [0.4, 0.5) is 14.9 Å². The number of nitrogens with zero attached hydrogens (tertiary/aromatic N) is 3. The standard InChI is InChI=1S/C22H23FN4O2/c1-15-6-4-8-17(12-15)24-22(28)27-11-5-7-16(14-27)13-20-25-21(26-29-20)18-9-2-3-10-19(18)23/h2-4,6,8-10,12,16H,5,7,11,13-14H2,1H3,(H,24,28). The van der Waals surface area contributed by atoms with Gasteiger partial charge < -0.3 is 14.7 Å². The molecule has 0 spiro atoms. The van der Waals surface area contributed by atoms with Gasteiger partial charge in [-0.15, -0.1) is 0 Å². The van der Waals surface area contributed by atoms with Crippen LogP contribution >= 0.6 is 0 Å². The second kappa shape index (κ2) is 8.43. The van der Waals surface area contributed by atoms with Crippen molar-refractivity contribution in [2.75, 3.05) is 18.4 Å². The lowest BCUT2D eigenvalue weighted by Gasteiger charge is -2.32. The van der Waals surface area contributed by atoms with Gasteiger partial charge in [0, 0.05) is 25.2 Å². The number of piperidine rings is 1. The van der Waals surface area contributed by atoms with Crippen LogP contribution in [-0.4, -0.2) is 34.2 Å². The first-order chi connectivity index (χ1) is 14.1. The first kappa shape index (κ1) is 19.1. The topological polar surface area (TPSA) is 71.3 Å². The van der Waals surface area contributed by atoms with Crippen molar-refractivity contribution < 1.29 is 13.7 Å². The lowest BCUT2D eigenvalue weighted by atomic mass is 9.95. The number of carbonyl (C=O) groups is 1. The largest absolute Gasteiger partial charge is 0.339 e. The number of amides is 2. The summed E-state index contributed by atoms with van der Waals surface area (Å²) in [6.45, 7) is 3.33. The molecule has 1 aromatic heterocycles. The average Bonchev–Trinajstić information content (AvgIpc) is 3.17. The highest BCUT2D eigenvalue weighted by molar-refractivity contribution is 5.89. The van der Waals surface area contributed by atoms with E-state index in [4.69, 9.17) is 4.52 Å². The van der Waals surface area contributed by atoms with Crippen LogP contribution in [-0.2, 0) is 6.42 Å².